The molecule has 37 heavy (non-hydrogen) atoms. The molecule has 2 rings (SSSR count). The van der Waals surface area contributed by atoms with E-state index in [2.05, 4.69) is 44.7 Å². The van der Waals surface area contributed by atoms with Crippen molar-refractivity contribution in [2.45, 2.75) is 59.2 Å². The number of aliphatic hydroxyl groups excluding tert-OH is 2. The van der Waals surface area contributed by atoms with Crippen molar-refractivity contribution in [1.82, 2.24) is 0 Å². The summed E-state index contributed by atoms with van der Waals surface area (Å²) in [5.74, 6) is -1.56. The molecular formula is C29H44O8. The maximum Gasteiger partial charge on any atom is 0.335 e. The van der Waals surface area contributed by atoms with E-state index in [0.29, 0.717) is 13.2 Å². The second-order valence-electron chi connectivity index (χ2n) is 10.4. The van der Waals surface area contributed by atoms with Crippen LogP contribution in [0.2, 0.25) is 0 Å². The first-order chi connectivity index (χ1) is 17.7. The summed E-state index contributed by atoms with van der Waals surface area (Å²) in [7, 11) is 0. The number of rotatable bonds is 16. The molecule has 8 heteroatoms. The largest absolute Gasteiger partial charge is 0.465 e. The topological polar surface area (TPSA) is 112 Å². The summed E-state index contributed by atoms with van der Waals surface area (Å²) >= 11 is 0. The summed E-state index contributed by atoms with van der Waals surface area (Å²) < 4.78 is 22.4. The first-order valence-electron chi connectivity index (χ1n) is 13.3. The van der Waals surface area contributed by atoms with Crippen molar-refractivity contribution in [3.63, 3.8) is 0 Å². The zero-order valence-electron chi connectivity index (χ0n) is 22.5. The first kappa shape index (κ1) is 31.0. The van der Waals surface area contributed by atoms with Gasteiger partial charge in [0.2, 0.25) is 0 Å². The van der Waals surface area contributed by atoms with E-state index in [4.69, 9.17) is 29.2 Å². The normalized spacial score (nSPS) is 19.3. The lowest BCUT2D eigenvalue weighted by atomic mass is 9.97. The van der Waals surface area contributed by atoms with E-state index < -0.39 is 36.7 Å². The zero-order chi connectivity index (χ0) is 27.2. The van der Waals surface area contributed by atoms with Crippen LogP contribution in [0, 0.1) is 23.7 Å². The van der Waals surface area contributed by atoms with Crippen molar-refractivity contribution in [2.24, 2.45) is 23.7 Å². The first-order valence-corrected chi connectivity index (χ1v) is 13.3. The van der Waals surface area contributed by atoms with Crippen LogP contribution in [0.15, 0.2) is 36.4 Å². The van der Waals surface area contributed by atoms with Crippen LogP contribution in [0.5, 0.6) is 0 Å². The predicted octanol–water partition coefficient (Wildman–Crippen LogP) is 3.47. The number of ether oxygens (including phenoxy) is 4. The Hall–Kier alpha value is -2.26. The number of esters is 2. The van der Waals surface area contributed by atoms with Crippen LogP contribution >= 0.6 is 0 Å². The third kappa shape index (κ3) is 11.3. The van der Waals surface area contributed by atoms with Crippen LogP contribution in [0.4, 0.5) is 0 Å². The van der Waals surface area contributed by atoms with Gasteiger partial charge in [-0.05, 0) is 49.7 Å². The minimum Gasteiger partial charge on any atom is -0.465 e. The predicted molar refractivity (Wildman–Crippen MR) is 140 cm³/mol. The molecule has 0 aromatic heterocycles. The molecule has 1 aromatic rings. The average Bonchev–Trinajstić information content (AvgIpc) is 2.91. The van der Waals surface area contributed by atoms with E-state index in [1.807, 2.05) is 0 Å². The molecule has 1 aliphatic heterocycles. The molecule has 0 radical (unpaired) electrons. The molecule has 1 aliphatic rings. The van der Waals surface area contributed by atoms with Gasteiger partial charge < -0.3 is 29.2 Å². The van der Waals surface area contributed by atoms with Crippen LogP contribution in [-0.4, -0.2) is 68.1 Å². The second kappa shape index (κ2) is 16.6. The average molecular weight is 521 g/mol. The molecule has 0 bridgehead atoms. The van der Waals surface area contributed by atoms with E-state index in [-0.39, 0.29) is 31.3 Å². The summed E-state index contributed by atoms with van der Waals surface area (Å²) in [6.45, 7) is 9.42. The molecule has 0 aliphatic carbocycles. The van der Waals surface area contributed by atoms with Gasteiger partial charge in [-0.3, -0.25) is 4.79 Å². The number of aliphatic hydroxyl groups is 2. The Kier molecular flexibility index (Phi) is 13.9. The molecule has 0 saturated carbocycles. The number of aryl methyl sites for hydroxylation is 2. The minimum atomic E-state index is -0.734. The molecule has 0 spiro atoms. The Morgan fingerprint density at radius 3 is 2.16 bits per heavy atom. The summed E-state index contributed by atoms with van der Waals surface area (Å²) in [5.41, 5.74) is 2.59. The molecule has 8 nitrogen and oxygen atoms in total. The number of hydrogen-bond donors (Lipinski definition) is 2. The zero-order valence-corrected chi connectivity index (χ0v) is 22.5. The van der Waals surface area contributed by atoms with E-state index in [1.54, 1.807) is 6.92 Å². The lowest BCUT2D eigenvalue weighted by Crippen LogP contribution is -2.41. The van der Waals surface area contributed by atoms with Gasteiger partial charge >= 0.3 is 11.9 Å². The summed E-state index contributed by atoms with van der Waals surface area (Å²) in [5, 5.41) is 18.2. The smallest absolute Gasteiger partial charge is 0.335 e. The Bertz CT molecular complexity index is 827. The number of carbonyl (C=O) groups excluding carboxylic acids is 2. The third-order valence-electron chi connectivity index (χ3n) is 6.51. The van der Waals surface area contributed by atoms with Crippen LogP contribution in [0.3, 0.4) is 0 Å². The van der Waals surface area contributed by atoms with Crippen molar-refractivity contribution in [2.75, 3.05) is 39.6 Å². The Morgan fingerprint density at radius 2 is 1.59 bits per heavy atom. The molecule has 1 aromatic carbocycles. The highest BCUT2D eigenvalue weighted by atomic mass is 16.7. The fraction of sp³-hybridized carbons (Fsp3) is 0.655. The summed E-state index contributed by atoms with van der Waals surface area (Å²) in [4.78, 5) is 23.9. The lowest BCUT2D eigenvalue weighted by Gasteiger charge is -2.34. The van der Waals surface area contributed by atoms with Gasteiger partial charge in [-0.1, -0.05) is 51.1 Å². The number of carbonyl (C=O) groups is 2. The van der Waals surface area contributed by atoms with Gasteiger partial charge in [0.25, 0.3) is 0 Å². The highest BCUT2D eigenvalue weighted by Crippen LogP contribution is 2.23. The van der Waals surface area contributed by atoms with E-state index >= 15 is 0 Å². The van der Waals surface area contributed by atoms with Crippen molar-refractivity contribution in [1.29, 1.82) is 0 Å². The molecule has 2 atom stereocenters. The fourth-order valence-electron chi connectivity index (χ4n) is 3.92. The van der Waals surface area contributed by atoms with Gasteiger partial charge in [-0.15, -0.1) is 0 Å². The SMILES string of the molecule is C=C(CO)C(=O)OCC(COC(=O)C(C)CO)C1OCC(CCc2ccc(CCCC(C)C)cc2)CO1. The van der Waals surface area contributed by atoms with Gasteiger partial charge in [-0.2, -0.15) is 0 Å². The highest BCUT2D eigenvalue weighted by molar-refractivity contribution is 5.87. The molecule has 1 heterocycles. The van der Waals surface area contributed by atoms with Crippen LogP contribution in [-0.2, 0) is 41.4 Å². The van der Waals surface area contributed by atoms with E-state index in [9.17, 15) is 9.59 Å². The Labute approximate surface area is 220 Å². The molecule has 2 unspecified atom stereocenters. The third-order valence-corrected chi connectivity index (χ3v) is 6.51. The Morgan fingerprint density at radius 1 is 1.00 bits per heavy atom. The van der Waals surface area contributed by atoms with Gasteiger partial charge in [0, 0.05) is 5.92 Å². The Balaban J connectivity index is 1.82. The summed E-state index contributed by atoms with van der Waals surface area (Å²) in [6, 6.07) is 8.83. The quantitative estimate of drug-likeness (QED) is 0.252. The monoisotopic (exact) mass is 520 g/mol. The maximum absolute atomic E-state index is 12.0. The fourth-order valence-corrected chi connectivity index (χ4v) is 3.92. The highest BCUT2D eigenvalue weighted by Gasteiger charge is 2.32. The molecule has 208 valence electrons. The van der Waals surface area contributed by atoms with Crippen LogP contribution in [0.25, 0.3) is 0 Å². The molecular weight excluding hydrogens is 476 g/mol. The van der Waals surface area contributed by atoms with Gasteiger partial charge in [-0.25, -0.2) is 4.79 Å². The number of hydrogen-bond acceptors (Lipinski definition) is 8. The minimum absolute atomic E-state index is 0.0706. The van der Waals surface area contributed by atoms with Crippen molar-refractivity contribution in [3.05, 3.63) is 47.5 Å². The van der Waals surface area contributed by atoms with Gasteiger partial charge in [0.05, 0.1) is 43.8 Å². The molecule has 1 fully saturated rings. The summed E-state index contributed by atoms with van der Waals surface area (Å²) in [6.07, 6.45) is 4.70. The molecule has 0 amide bonds. The van der Waals surface area contributed by atoms with E-state index in [0.717, 1.165) is 25.2 Å². The van der Waals surface area contributed by atoms with Crippen LogP contribution < -0.4 is 0 Å². The van der Waals surface area contributed by atoms with Crippen molar-refractivity contribution in [3.8, 4) is 0 Å². The molecule has 2 N–H and O–H groups in total. The van der Waals surface area contributed by atoms with Crippen LogP contribution in [0.1, 0.15) is 51.2 Å². The van der Waals surface area contributed by atoms with Gasteiger partial charge in [0.1, 0.15) is 13.2 Å². The number of benzene rings is 1. The maximum atomic E-state index is 12.0. The van der Waals surface area contributed by atoms with Crippen molar-refractivity contribution >= 4 is 11.9 Å². The second-order valence-corrected chi connectivity index (χ2v) is 10.4. The molecule has 1 saturated heterocycles. The lowest BCUT2D eigenvalue weighted by molar-refractivity contribution is -0.237. The standard InChI is InChI=1S/C29H44O8/c1-20(2)6-5-7-23-8-10-24(11-9-23)12-13-25-16-36-29(37-17-25)26(18-34-27(32)21(3)14-30)19-35-28(33)22(4)15-31/h8-11,20,22,25-26,29-31H,3,5-7,12-19H2,1-2,4H3. The van der Waals surface area contributed by atoms with Crippen molar-refractivity contribution < 1.29 is 38.7 Å². The van der Waals surface area contributed by atoms with E-state index in [1.165, 1.54) is 24.0 Å². The van der Waals surface area contributed by atoms with Gasteiger partial charge in [0.15, 0.2) is 6.29 Å².